The number of aryl methyl sites for hydroxylation is 2. The molecule has 0 radical (unpaired) electrons. The summed E-state index contributed by atoms with van der Waals surface area (Å²) in [4.78, 5) is 12.6. The van der Waals surface area contributed by atoms with E-state index in [0.717, 1.165) is 25.8 Å². The van der Waals surface area contributed by atoms with Gasteiger partial charge in [-0.15, -0.1) is 0 Å². The van der Waals surface area contributed by atoms with Crippen LogP contribution in [0.3, 0.4) is 0 Å². The van der Waals surface area contributed by atoms with Crippen molar-refractivity contribution in [2.75, 3.05) is 6.54 Å². The molecule has 24 heavy (non-hydrogen) atoms. The Labute approximate surface area is 149 Å². The smallest absolute Gasteiger partial charge is 0.256 e. The molecule has 1 aromatic heterocycles. The molecule has 1 N–H and O–H groups in total. The quantitative estimate of drug-likeness (QED) is 0.760. The van der Waals surface area contributed by atoms with E-state index in [1.807, 2.05) is 25.1 Å². The number of unbranched alkanes of at least 4 members (excludes halogenated alkanes) is 1. The molecule has 1 unspecified atom stereocenters. The van der Waals surface area contributed by atoms with Gasteiger partial charge in [-0.05, 0) is 25.3 Å². The van der Waals surface area contributed by atoms with Gasteiger partial charge in [0.15, 0.2) is 0 Å². The average Bonchev–Trinajstić information content (AvgIpc) is 2.88. The molecular weight excluding hydrogens is 322 g/mol. The Kier molecular flexibility index (Phi) is 6.85. The monoisotopic (exact) mass is 347 g/mol. The second-order valence-electron chi connectivity index (χ2n) is 6.05. The summed E-state index contributed by atoms with van der Waals surface area (Å²) in [6.45, 7) is 7.41. The maximum atomic E-state index is 12.6. The van der Waals surface area contributed by atoms with Gasteiger partial charge < -0.3 is 5.32 Å². The molecule has 1 aromatic carbocycles. The van der Waals surface area contributed by atoms with E-state index in [1.165, 1.54) is 5.56 Å². The van der Waals surface area contributed by atoms with Gasteiger partial charge >= 0.3 is 0 Å². The Balaban J connectivity index is 2.05. The summed E-state index contributed by atoms with van der Waals surface area (Å²) in [6.07, 6.45) is 3.02. The number of nitrogens with zero attached hydrogens (tertiary/aromatic N) is 2. The highest BCUT2D eigenvalue weighted by Crippen LogP contribution is 2.22. The van der Waals surface area contributed by atoms with Crippen molar-refractivity contribution in [2.45, 2.75) is 52.5 Å². The summed E-state index contributed by atoms with van der Waals surface area (Å²) in [5.74, 6) is 0.152. The van der Waals surface area contributed by atoms with Gasteiger partial charge in [-0.25, -0.2) is 0 Å². The van der Waals surface area contributed by atoms with Crippen LogP contribution in [0.25, 0.3) is 0 Å². The number of hydrogen-bond donors (Lipinski definition) is 1. The summed E-state index contributed by atoms with van der Waals surface area (Å²) in [5, 5.41) is 7.86. The Hall–Kier alpha value is -1.81. The molecule has 0 saturated heterocycles. The van der Waals surface area contributed by atoms with Crippen molar-refractivity contribution in [3.63, 3.8) is 0 Å². The van der Waals surface area contributed by atoms with Crippen LogP contribution in [0.5, 0.6) is 0 Å². The number of halogens is 1. The van der Waals surface area contributed by atoms with Crippen molar-refractivity contribution in [3.8, 4) is 0 Å². The minimum absolute atomic E-state index is 0.144. The standard InChI is InChI=1S/C19H26ClN3O/c1-4-6-12-23-18(20)17(14(3)22-23)19(24)21-13-15(5-2)16-10-8-7-9-11-16/h7-11,15H,4-6,12-13H2,1-3H3,(H,21,24). The summed E-state index contributed by atoms with van der Waals surface area (Å²) < 4.78 is 1.73. The molecule has 0 spiro atoms. The molecule has 2 rings (SSSR count). The van der Waals surface area contributed by atoms with E-state index in [0.29, 0.717) is 28.9 Å². The third kappa shape index (κ3) is 4.38. The van der Waals surface area contributed by atoms with Crippen molar-refractivity contribution < 1.29 is 4.79 Å². The lowest BCUT2D eigenvalue weighted by Gasteiger charge is -2.16. The Morgan fingerprint density at radius 2 is 2.00 bits per heavy atom. The second kappa shape index (κ2) is 8.88. The fraction of sp³-hybridized carbons (Fsp3) is 0.474. The average molecular weight is 348 g/mol. The van der Waals surface area contributed by atoms with Crippen LogP contribution in [-0.2, 0) is 6.54 Å². The minimum atomic E-state index is -0.144. The zero-order chi connectivity index (χ0) is 17.5. The van der Waals surface area contributed by atoms with E-state index in [-0.39, 0.29) is 5.91 Å². The molecule has 0 fully saturated rings. The molecule has 0 aliphatic rings. The predicted octanol–water partition coefficient (Wildman–Crippen LogP) is 4.57. The summed E-state index contributed by atoms with van der Waals surface area (Å²) >= 11 is 6.37. The van der Waals surface area contributed by atoms with Crippen molar-refractivity contribution >= 4 is 17.5 Å². The molecule has 0 saturated carbocycles. The number of carbonyl (C=O) groups is 1. The molecule has 2 aromatic rings. The zero-order valence-electron chi connectivity index (χ0n) is 14.7. The number of benzene rings is 1. The van der Waals surface area contributed by atoms with Crippen molar-refractivity contribution in [2.24, 2.45) is 0 Å². The lowest BCUT2D eigenvalue weighted by Crippen LogP contribution is -2.28. The summed E-state index contributed by atoms with van der Waals surface area (Å²) in [7, 11) is 0. The van der Waals surface area contributed by atoms with E-state index >= 15 is 0 Å². The van der Waals surface area contributed by atoms with Crippen LogP contribution in [-0.4, -0.2) is 22.2 Å². The normalized spacial score (nSPS) is 12.2. The van der Waals surface area contributed by atoms with Gasteiger partial charge in [-0.3, -0.25) is 9.48 Å². The largest absolute Gasteiger partial charge is 0.351 e. The third-order valence-corrected chi connectivity index (χ3v) is 4.67. The topological polar surface area (TPSA) is 46.9 Å². The zero-order valence-corrected chi connectivity index (χ0v) is 15.4. The van der Waals surface area contributed by atoms with Crippen LogP contribution >= 0.6 is 11.6 Å². The van der Waals surface area contributed by atoms with Gasteiger partial charge in [0.2, 0.25) is 0 Å². The third-order valence-electron chi connectivity index (χ3n) is 4.29. The van der Waals surface area contributed by atoms with Gasteiger partial charge in [0.05, 0.1) is 11.3 Å². The maximum Gasteiger partial charge on any atom is 0.256 e. The number of hydrogen-bond acceptors (Lipinski definition) is 2. The van der Waals surface area contributed by atoms with Crippen LogP contribution in [0.15, 0.2) is 30.3 Å². The first-order valence-corrected chi connectivity index (χ1v) is 9.02. The highest BCUT2D eigenvalue weighted by Gasteiger charge is 2.21. The van der Waals surface area contributed by atoms with Crippen LogP contribution in [0.4, 0.5) is 0 Å². The number of carbonyl (C=O) groups excluding carboxylic acids is 1. The summed E-state index contributed by atoms with van der Waals surface area (Å²) in [6, 6.07) is 10.3. The van der Waals surface area contributed by atoms with E-state index < -0.39 is 0 Å². The number of amides is 1. The fourth-order valence-electron chi connectivity index (χ4n) is 2.79. The van der Waals surface area contributed by atoms with E-state index in [4.69, 9.17) is 11.6 Å². The van der Waals surface area contributed by atoms with Crippen LogP contribution in [0.2, 0.25) is 5.15 Å². The van der Waals surface area contributed by atoms with E-state index in [9.17, 15) is 4.79 Å². The van der Waals surface area contributed by atoms with Gasteiger partial charge in [0.1, 0.15) is 5.15 Å². The molecule has 0 bridgehead atoms. The van der Waals surface area contributed by atoms with Gasteiger partial charge in [-0.1, -0.05) is 62.2 Å². The van der Waals surface area contributed by atoms with Crippen LogP contribution in [0, 0.1) is 6.92 Å². The van der Waals surface area contributed by atoms with Crippen LogP contribution in [0.1, 0.15) is 60.6 Å². The molecule has 1 amide bonds. The number of nitrogens with one attached hydrogen (secondary N) is 1. The van der Waals surface area contributed by atoms with E-state index in [2.05, 4.69) is 36.4 Å². The fourth-order valence-corrected chi connectivity index (χ4v) is 3.14. The minimum Gasteiger partial charge on any atom is -0.351 e. The lowest BCUT2D eigenvalue weighted by atomic mass is 9.96. The van der Waals surface area contributed by atoms with Crippen molar-refractivity contribution in [1.82, 2.24) is 15.1 Å². The first-order chi connectivity index (χ1) is 11.6. The van der Waals surface area contributed by atoms with Gasteiger partial charge in [0.25, 0.3) is 5.91 Å². The SMILES string of the molecule is CCCCn1nc(C)c(C(=O)NCC(CC)c2ccccc2)c1Cl. The van der Waals surface area contributed by atoms with E-state index in [1.54, 1.807) is 4.68 Å². The highest BCUT2D eigenvalue weighted by molar-refractivity contribution is 6.33. The summed E-state index contributed by atoms with van der Waals surface area (Å²) in [5.41, 5.74) is 2.42. The first kappa shape index (κ1) is 18.5. The first-order valence-electron chi connectivity index (χ1n) is 8.64. The lowest BCUT2D eigenvalue weighted by molar-refractivity contribution is 0.0950. The Morgan fingerprint density at radius 1 is 1.29 bits per heavy atom. The molecule has 5 heteroatoms. The molecule has 0 aliphatic carbocycles. The van der Waals surface area contributed by atoms with Crippen molar-refractivity contribution in [3.05, 3.63) is 52.3 Å². The molecule has 1 atom stereocenters. The molecule has 130 valence electrons. The van der Waals surface area contributed by atoms with Gasteiger partial charge in [-0.2, -0.15) is 5.10 Å². The Bertz CT molecular complexity index is 667. The molecule has 0 aliphatic heterocycles. The van der Waals surface area contributed by atoms with Gasteiger partial charge in [0, 0.05) is 19.0 Å². The second-order valence-corrected chi connectivity index (χ2v) is 6.41. The number of rotatable bonds is 8. The molecule has 1 heterocycles. The number of aromatic nitrogens is 2. The predicted molar refractivity (Wildman–Crippen MR) is 98.7 cm³/mol. The maximum absolute atomic E-state index is 12.6. The molecule has 4 nitrogen and oxygen atoms in total. The van der Waals surface area contributed by atoms with Crippen LogP contribution < -0.4 is 5.32 Å². The highest BCUT2D eigenvalue weighted by atomic mass is 35.5. The Morgan fingerprint density at radius 3 is 2.62 bits per heavy atom. The van der Waals surface area contributed by atoms with Crippen molar-refractivity contribution in [1.29, 1.82) is 0 Å². The molecular formula is C19H26ClN3O.